The van der Waals surface area contributed by atoms with E-state index in [1.807, 2.05) is 0 Å². The molecule has 0 bridgehead atoms. The van der Waals surface area contributed by atoms with E-state index in [-0.39, 0.29) is 29.4 Å². The van der Waals surface area contributed by atoms with Crippen LogP contribution < -0.4 is 10.6 Å². The molecule has 90 valence electrons. The first-order valence-electron chi connectivity index (χ1n) is 5.26. The third-order valence-electron chi connectivity index (χ3n) is 2.53. The number of hydrogen-bond acceptors (Lipinski definition) is 4. The molecule has 0 unspecified atom stereocenters. The molecule has 4 nitrogen and oxygen atoms in total. The summed E-state index contributed by atoms with van der Waals surface area (Å²) in [7, 11) is 0. The van der Waals surface area contributed by atoms with Crippen molar-refractivity contribution >= 4 is 34.5 Å². The highest BCUT2D eigenvalue weighted by atomic mass is 35.5. The van der Waals surface area contributed by atoms with Gasteiger partial charge in [0.25, 0.3) is 0 Å². The number of fused-ring (bicyclic) bond motifs is 1. The largest absolute Gasteiger partial charge is 0.462 e. The molecule has 1 aliphatic carbocycles. The van der Waals surface area contributed by atoms with Gasteiger partial charge in [-0.2, -0.15) is 0 Å². The van der Waals surface area contributed by atoms with Gasteiger partial charge in [-0.05, 0) is 19.9 Å². The average Bonchev–Trinajstić information content (AvgIpc) is 2.61. The molecule has 17 heavy (non-hydrogen) atoms. The summed E-state index contributed by atoms with van der Waals surface area (Å²) in [5.41, 5.74) is 0.714. The zero-order valence-corrected chi connectivity index (χ0v) is 10.3. The fourth-order valence-corrected chi connectivity index (χ4v) is 2.06. The van der Waals surface area contributed by atoms with Crippen molar-refractivity contribution in [3.63, 3.8) is 0 Å². The van der Waals surface area contributed by atoms with Gasteiger partial charge in [-0.25, -0.2) is 4.79 Å². The van der Waals surface area contributed by atoms with Crippen LogP contribution in [0.4, 0.5) is 0 Å². The Hall–Kier alpha value is -1.55. The Labute approximate surface area is 103 Å². The number of esters is 1. The van der Waals surface area contributed by atoms with Gasteiger partial charge in [0, 0.05) is 6.42 Å². The van der Waals surface area contributed by atoms with Gasteiger partial charge in [0.15, 0.2) is 5.78 Å². The zero-order valence-electron chi connectivity index (χ0n) is 9.50. The molecule has 1 aliphatic rings. The van der Waals surface area contributed by atoms with Crippen molar-refractivity contribution in [1.82, 2.24) is 0 Å². The molecule has 5 heteroatoms. The first-order valence-corrected chi connectivity index (χ1v) is 5.63. The number of furan rings is 1. The van der Waals surface area contributed by atoms with Gasteiger partial charge in [0.2, 0.25) is 0 Å². The molecule has 0 amide bonds. The Morgan fingerprint density at radius 2 is 2.29 bits per heavy atom. The van der Waals surface area contributed by atoms with E-state index < -0.39 is 5.97 Å². The first-order chi connectivity index (χ1) is 8.06. The Kier molecular flexibility index (Phi) is 3.07. The van der Waals surface area contributed by atoms with Crippen LogP contribution in [0, 0.1) is 6.92 Å². The van der Waals surface area contributed by atoms with Crippen molar-refractivity contribution < 1.29 is 18.7 Å². The summed E-state index contributed by atoms with van der Waals surface area (Å²) >= 11 is 5.94. The van der Waals surface area contributed by atoms with Crippen LogP contribution in [-0.2, 0) is 9.53 Å². The number of halogens is 1. The van der Waals surface area contributed by atoms with Crippen LogP contribution in [0.15, 0.2) is 4.42 Å². The van der Waals surface area contributed by atoms with E-state index in [4.69, 9.17) is 20.8 Å². The van der Waals surface area contributed by atoms with Crippen LogP contribution in [-0.4, -0.2) is 18.4 Å². The van der Waals surface area contributed by atoms with E-state index in [1.54, 1.807) is 19.9 Å². The van der Waals surface area contributed by atoms with E-state index in [2.05, 4.69) is 0 Å². The fourth-order valence-electron chi connectivity index (χ4n) is 1.79. The van der Waals surface area contributed by atoms with Crippen LogP contribution in [0.2, 0.25) is 0 Å². The SMILES string of the molecule is CCOC(=O)c1c(C)oc2c1=C(Cl)C(=O)CC=2. The number of rotatable bonds is 2. The molecule has 2 rings (SSSR count). The van der Waals surface area contributed by atoms with E-state index in [9.17, 15) is 9.59 Å². The topological polar surface area (TPSA) is 56.5 Å². The second-order valence-electron chi connectivity index (χ2n) is 3.64. The van der Waals surface area contributed by atoms with Crippen molar-refractivity contribution in [2.24, 2.45) is 0 Å². The maximum Gasteiger partial charge on any atom is 0.342 e. The lowest BCUT2D eigenvalue weighted by atomic mass is 10.1. The van der Waals surface area contributed by atoms with Crippen LogP contribution in [0.25, 0.3) is 11.1 Å². The van der Waals surface area contributed by atoms with E-state index in [0.717, 1.165) is 0 Å². The number of carbonyl (C=O) groups is 2. The molecule has 0 atom stereocenters. The molecule has 1 aromatic heterocycles. The Balaban J connectivity index is 2.75. The fraction of sp³-hybridized carbons (Fsp3) is 0.333. The van der Waals surface area contributed by atoms with Crippen molar-refractivity contribution in [3.05, 3.63) is 22.0 Å². The van der Waals surface area contributed by atoms with Gasteiger partial charge in [-0.15, -0.1) is 0 Å². The van der Waals surface area contributed by atoms with E-state index in [0.29, 0.717) is 16.4 Å². The van der Waals surface area contributed by atoms with Gasteiger partial charge in [-0.1, -0.05) is 11.6 Å². The summed E-state index contributed by atoms with van der Waals surface area (Å²) in [6.07, 6.45) is 1.82. The Bertz CT molecular complexity index is 609. The molecular weight excluding hydrogens is 244 g/mol. The van der Waals surface area contributed by atoms with Crippen molar-refractivity contribution in [2.75, 3.05) is 6.61 Å². The highest BCUT2D eigenvalue weighted by Crippen LogP contribution is 2.12. The summed E-state index contributed by atoms with van der Waals surface area (Å²) in [6, 6.07) is 0. The molecule has 0 saturated carbocycles. The zero-order chi connectivity index (χ0) is 12.6. The standard InChI is InChI=1S/C12H11ClO4/c1-3-16-12(15)9-6(2)17-8-5-4-7(14)11(13)10(8)9/h5H,3-4H2,1-2H3. The van der Waals surface area contributed by atoms with Gasteiger partial charge in [0.1, 0.15) is 16.7 Å². The van der Waals surface area contributed by atoms with Crippen LogP contribution >= 0.6 is 11.6 Å². The Morgan fingerprint density at radius 1 is 1.59 bits per heavy atom. The van der Waals surface area contributed by atoms with Gasteiger partial charge < -0.3 is 9.15 Å². The Morgan fingerprint density at radius 3 is 2.94 bits per heavy atom. The van der Waals surface area contributed by atoms with Crippen LogP contribution in [0.1, 0.15) is 29.5 Å². The second-order valence-corrected chi connectivity index (χ2v) is 4.02. The molecule has 0 saturated heterocycles. The molecule has 0 spiro atoms. The predicted octanol–water partition coefficient (Wildman–Crippen LogP) is 0.865. The second kappa shape index (κ2) is 4.37. The third kappa shape index (κ3) is 1.89. The number of hydrogen-bond donors (Lipinski definition) is 0. The van der Waals surface area contributed by atoms with Crippen molar-refractivity contribution in [3.8, 4) is 0 Å². The lowest BCUT2D eigenvalue weighted by Gasteiger charge is -2.02. The normalized spacial score (nSPS) is 14.3. The van der Waals surface area contributed by atoms with Crippen molar-refractivity contribution in [2.45, 2.75) is 20.3 Å². The monoisotopic (exact) mass is 254 g/mol. The minimum Gasteiger partial charge on any atom is -0.462 e. The summed E-state index contributed by atoms with van der Waals surface area (Å²) in [4.78, 5) is 23.3. The van der Waals surface area contributed by atoms with Crippen LogP contribution in [0.5, 0.6) is 0 Å². The molecular formula is C12H11ClO4. The number of Topliss-reactive ketones (excluding diaryl/α,β-unsaturated/α-hetero) is 1. The quantitative estimate of drug-likeness (QED) is 0.735. The van der Waals surface area contributed by atoms with Crippen molar-refractivity contribution in [1.29, 1.82) is 0 Å². The number of carbonyl (C=O) groups excluding carboxylic acids is 2. The predicted molar refractivity (Wildman–Crippen MR) is 62.0 cm³/mol. The van der Waals surface area contributed by atoms with Crippen LogP contribution in [0.3, 0.4) is 0 Å². The maximum absolute atomic E-state index is 11.8. The smallest absolute Gasteiger partial charge is 0.342 e. The summed E-state index contributed by atoms with van der Waals surface area (Å²) in [5.74, 6) is -0.320. The molecule has 1 aromatic rings. The number of aryl methyl sites for hydroxylation is 1. The lowest BCUT2D eigenvalue weighted by Crippen LogP contribution is -2.32. The van der Waals surface area contributed by atoms with E-state index in [1.165, 1.54) is 0 Å². The maximum atomic E-state index is 11.8. The molecule has 1 heterocycles. The van der Waals surface area contributed by atoms with Gasteiger partial charge >= 0.3 is 5.97 Å². The number of ketones is 1. The molecule has 0 radical (unpaired) electrons. The summed E-state index contributed by atoms with van der Waals surface area (Å²) in [5, 5.41) is 0.404. The highest BCUT2D eigenvalue weighted by molar-refractivity contribution is 6.61. The molecule has 0 fully saturated rings. The van der Waals surface area contributed by atoms with Gasteiger partial charge in [0.05, 0.1) is 16.9 Å². The minimum absolute atomic E-state index is 0.0439. The highest BCUT2D eigenvalue weighted by Gasteiger charge is 2.23. The number of ether oxygens (including phenoxy) is 1. The molecule has 0 aliphatic heterocycles. The molecule has 0 aromatic carbocycles. The average molecular weight is 255 g/mol. The minimum atomic E-state index is -0.517. The van der Waals surface area contributed by atoms with E-state index >= 15 is 0 Å². The molecule has 0 N–H and O–H groups in total. The van der Waals surface area contributed by atoms with Gasteiger partial charge in [-0.3, -0.25) is 4.79 Å². The lowest BCUT2D eigenvalue weighted by molar-refractivity contribution is -0.112. The summed E-state index contributed by atoms with van der Waals surface area (Å²) in [6.45, 7) is 3.61. The third-order valence-corrected chi connectivity index (χ3v) is 2.93. The first kappa shape index (κ1) is 11.9. The summed E-state index contributed by atoms with van der Waals surface area (Å²) < 4.78 is 10.3.